The van der Waals surface area contributed by atoms with Gasteiger partial charge in [-0.1, -0.05) is 0 Å². The summed E-state index contributed by atoms with van der Waals surface area (Å²) in [4.78, 5) is 3.39. The number of alkyl halides is 3. The van der Waals surface area contributed by atoms with Crippen LogP contribution in [0.5, 0.6) is 0 Å². The highest BCUT2D eigenvalue weighted by Gasteiger charge is 2.32. The highest BCUT2D eigenvalue weighted by molar-refractivity contribution is 5.42. The molecule has 0 aliphatic carbocycles. The predicted molar refractivity (Wildman–Crippen MR) is 56.7 cm³/mol. The number of hydrogen-bond donors (Lipinski definition) is 1. The van der Waals surface area contributed by atoms with Gasteiger partial charge in [-0.3, -0.25) is 0 Å². The molecule has 1 N–H and O–H groups in total. The van der Waals surface area contributed by atoms with Crippen molar-refractivity contribution < 1.29 is 17.9 Å². The third kappa shape index (κ3) is 2.88. The van der Waals surface area contributed by atoms with Crippen LogP contribution >= 0.6 is 0 Å². The van der Waals surface area contributed by atoms with E-state index in [4.69, 9.17) is 4.74 Å². The molecule has 3 nitrogen and oxygen atoms in total. The van der Waals surface area contributed by atoms with Gasteiger partial charge in [0.1, 0.15) is 5.69 Å². The number of hydrogen-bond acceptors (Lipinski definition) is 3. The normalized spacial score (nSPS) is 24.9. The summed E-state index contributed by atoms with van der Waals surface area (Å²) < 4.78 is 42.2. The average molecular weight is 246 g/mol. The number of halogens is 3. The number of aromatic nitrogens is 1. The fraction of sp³-hybridized carbons (Fsp3) is 0.545. The zero-order valence-electron chi connectivity index (χ0n) is 9.29. The van der Waals surface area contributed by atoms with Gasteiger partial charge >= 0.3 is 6.18 Å². The molecule has 2 unspecified atom stereocenters. The molecule has 1 aliphatic heterocycles. The third-order valence-corrected chi connectivity index (χ3v) is 2.78. The van der Waals surface area contributed by atoms with Crippen LogP contribution < -0.4 is 5.32 Å². The van der Waals surface area contributed by atoms with Gasteiger partial charge < -0.3 is 10.1 Å². The summed E-state index contributed by atoms with van der Waals surface area (Å²) in [5.41, 5.74) is -0.292. The van der Waals surface area contributed by atoms with Crippen LogP contribution in [-0.4, -0.2) is 23.7 Å². The largest absolute Gasteiger partial charge is 0.433 e. The van der Waals surface area contributed by atoms with Crippen LogP contribution in [0.25, 0.3) is 0 Å². The van der Waals surface area contributed by atoms with E-state index in [0.29, 0.717) is 12.3 Å². The van der Waals surface area contributed by atoms with Crippen molar-refractivity contribution >= 4 is 5.69 Å². The first-order valence-electron chi connectivity index (χ1n) is 5.38. The number of rotatable bonds is 2. The Bertz CT molecular complexity index is 377. The van der Waals surface area contributed by atoms with E-state index < -0.39 is 11.9 Å². The smallest absolute Gasteiger partial charge is 0.378 e. The standard InChI is InChI=1S/C11H13F3N2O/c1-7-9(4-5-17-7)16-8-2-3-10(15-6-8)11(12,13)14/h2-3,6-7,9,16H,4-5H2,1H3. The van der Waals surface area contributed by atoms with Crippen LogP contribution in [0.15, 0.2) is 18.3 Å². The molecule has 6 heteroatoms. The van der Waals surface area contributed by atoms with Crippen LogP contribution in [0, 0.1) is 0 Å². The topological polar surface area (TPSA) is 34.1 Å². The van der Waals surface area contributed by atoms with Gasteiger partial charge in [0, 0.05) is 6.61 Å². The highest BCUT2D eigenvalue weighted by atomic mass is 19.4. The van der Waals surface area contributed by atoms with E-state index in [1.54, 1.807) is 0 Å². The molecular formula is C11H13F3N2O. The van der Waals surface area contributed by atoms with Gasteiger partial charge in [0.05, 0.1) is 24.0 Å². The summed E-state index contributed by atoms with van der Waals surface area (Å²) in [5.74, 6) is 0. The van der Waals surface area contributed by atoms with Gasteiger partial charge in [0.2, 0.25) is 0 Å². The van der Waals surface area contributed by atoms with Gasteiger partial charge in [-0.25, -0.2) is 4.98 Å². The quantitative estimate of drug-likeness (QED) is 0.871. The van der Waals surface area contributed by atoms with Crippen molar-refractivity contribution in [3.8, 4) is 0 Å². The molecule has 17 heavy (non-hydrogen) atoms. The zero-order chi connectivity index (χ0) is 12.5. The van der Waals surface area contributed by atoms with Crippen LogP contribution in [0.3, 0.4) is 0 Å². The van der Waals surface area contributed by atoms with Gasteiger partial charge in [-0.05, 0) is 25.5 Å². The van der Waals surface area contributed by atoms with Crippen molar-refractivity contribution in [2.45, 2.75) is 31.7 Å². The molecule has 0 amide bonds. The lowest BCUT2D eigenvalue weighted by Gasteiger charge is -2.17. The lowest BCUT2D eigenvalue weighted by Crippen LogP contribution is -2.26. The molecule has 0 bridgehead atoms. The van der Waals surface area contributed by atoms with Crippen molar-refractivity contribution in [3.05, 3.63) is 24.0 Å². The molecule has 1 aromatic heterocycles. The van der Waals surface area contributed by atoms with Crippen molar-refractivity contribution in [1.82, 2.24) is 4.98 Å². The summed E-state index contributed by atoms with van der Waals surface area (Å²) in [6, 6.07) is 2.50. The van der Waals surface area contributed by atoms with E-state index >= 15 is 0 Å². The Labute approximate surface area is 97.0 Å². The molecule has 1 saturated heterocycles. The molecule has 1 fully saturated rings. The third-order valence-electron chi connectivity index (χ3n) is 2.78. The Morgan fingerprint density at radius 3 is 2.65 bits per heavy atom. The Morgan fingerprint density at radius 2 is 2.18 bits per heavy atom. The summed E-state index contributed by atoms with van der Waals surface area (Å²) in [6.45, 7) is 2.61. The van der Waals surface area contributed by atoms with E-state index in [1.807, 2.05) is 6.92 Å². The molecule has 94 valence electrons. The molecule has 0 aromatic carbocycles. The average Bonchev–Trinajstić information content (AvgIpc) is 2.64. The molecule has 0 spiro atoms. The second kappa shape index (κ2) is 4.52. The Kier molecular flexibility index (Phi) is 3.24. The second-order valence-electron chi connectivity index (χ2n) is 4.05. The number of anilines is 1. The Balaban J connectivity index is 2.03. The minimum absolute atomic E-state index is 0.0669. The SMILES string of the molecule is CC1OCCC1Nc1ccc(C(F)(F)F)nc1. The number of pyridine rings is 1. The minimum atomic E-state index is -4.39. The first-order valence-corrected chi connectivity index (χ1v) is 5.38. The van der Waals surface area contributed by atoms with E-state index in [1.165, 1.54) is 12.3 Å². The first-order chi connectivity index (χ1) is 7.97. The van der Waals surface area contributed by atoms with Gasteiger partial charge in [-0.2, -0.15) is 13.2 Å². The van der Waals surface area contributed by atoms with Gasteiger partial charge in [0.25, 0.3) is 0 Å². The van der Waals surface area contributed by atoms with Crippen LogP contribution in [0.4, 0.5) is 18.9 Å². The number of ether oxygens (including phenoxy) is 1. The number of nitrogens with one attached hydrogen (secondary N) is 1. The molecule has 2 rings (SSSR count). The van der Waals surface area contributed by atoms with Crippen LogP contribution in [-0.2, 0) is 10.9 Å². The molecule has 2 heterocycles. The molecule has 1 aliphatic rings. The highest BCUT2D eigenvalue weighted by Crippen LogP contribution is 2.28. The van der Waals surface area contributed by atoms with E-state index in [-0.39, 0.29) is 12.1 Å². The van der Waals surface area contributed by atoms with E-state index in [9.17, 15) is 13.2 Å². The fourth-order valence-corrected chi connectivity index (χ4v) is 1.78. The summed E-state index contributed by atoms with van der Waals surface area (Å²) in [6.07, 6.45) is -2.27. The van der Waals surface area contributed by atoms with E-state index in [2.05, 4.69) is 10.3 Å². The number of nitrogens with zero attached hydrogens (tertiary/aromatic N) is 1. The van der Waals surface area contributed by atoms with Gasteiger partial charge in [0.15, 0.2) is 0 Å². The fourth-order valence-electron chi connectivity index (χ4n) is 1.78. The monoisotopic (exact) mass is 246 g/mol. The lowest BCUT2D eigenvalue weighted by molar-refractivity contribution is -0.141. The van der Waals surface area contributed by atoms with Crippen molar-refractivity contribution in [3.63, 3.8) is 0 Å². The van der Waals surface area contributed by atoms with Crippen LogP contribution in [0.1, 0.15) is 19.0 Å². The van der Waals surface area contributed by atoms with E-state index in [0.717, 1.165) is 12.5 Å². The Morgan fingerprint density at radius 1 is 1.41 bits per heavy atom. The van der Waals surface area contributed by atoms with Gasteiger partial charge in [-0.15, -0.1) is 0 Å². The predicted octanol–water partition coefficient (Wildman–Crippen LogP) is 2.69. The summed E-state index contributed by atoms with van der Waals surface area (Å²) in [5, 5.41) is 3.11. The summed E-state index contributed by atoms with van der Waals surface area (Å²) >= 11 is 0. The second-order valence-corrected chi connectivity index (χ2v) is 4.05. The minimum Gasteiger partial charge on any atom is -0.378 e. The van der Waals surface area contributed by atoms with Crippen LogP contribution in [0.2, 0.25) is 0 Å². The maximum atomic E-state index is 12.3. The van der Waals surface area contributed by atoms with Crippen molar-refractivity contribution in [2.24, 2.45) is 0 Å². The molecule has 0 saturated carbocycles. The molecule has 1 aromatic rings. The molecular weight excluding hydrogens is 233 g/mol. The van der Waals surface area contributed by atoms with Crippen molar-refractivity contribution in [1.29, 1.82) is 0 Å². The van der Waals surface area contributed by atoms with Crippen molar-refractivity contribution in [2.75, 3.05) is 11.9 Å². The molecule has 2 atom stereocenters. The maximum absolute atomic E-state index is 12.3. The lowest BCUT2D eigenvalue weighted by atomic mass is 10.1. The summed E-state index contributed by atoms with van der Waals surface area (Å²) in [7, 11) is 0. The first kappa shape index (κ1) is 12.2. The zero-order valence-corrected chi connectivity index (χ0v) is 9.29. The Hall–Kier alpha value is -1.30. The maximum Gasteiger partial charge on any atom is 0.433 e. The molecule has 0 radical (unpaired) electrons.